The van der Waals surface area contributed by atoms with Gasteiger partial charge >= 0.3 is 31.5 Å². The molecule has 4 aromatic carbocycles. The molecule has 2 aliphatic rings. The lowest BCUT2D eigenvalue weighted by atomic mass is 9.85. The third-order valence-electron chi connectivity index (χ3n) is 12.6. The zero-order valence-corrected chi connectivity index (χ0v) is 37.8. The molecule has 1 aromatic heterocycles. The Morgan fingerprint density at radius 1 is 0.627 bits per heavy atom. The van der Waals surface area contributed by atoms with Crippen molar-refractivity contribution in [3.63, 3.8) is 0 Å². The van der Waals surface area contributed by atoms with Crippen LogP contribution < -0.4 is 0 Å². The minimum absolute atomic E-state index is 0.0271. The normalized spacial score (nSPS) is 16.0. The molecule has 15 heteroatoms. The van der Waals surface area contributed by atoms with Crippen LogP contribution >= 0.6 is 0 Å². The maximum atomic E-state index is 14.9. The van der Waals surface area contributed by atoms with Gasteiger partial charge in [-0.3, -0.25) is 0 Å². The highest BCUT2D eigenvalue weighted by molar-refractivity contribution is 6.44. The van der Waals surface area contributed by atoms with Gasteiger partial charge in [0.25, 0.3) is 0 Å². The molecule has 67 heavy (non-hydrogen) atoms. The Hall–Kier alpha value is -5.15. The third-order valence-corrected chi connectivity index (χ3v) is 12.6. The number of benzene rings is 4. The first-order valence-corrected chi connectivity index (χ1v) is 22.6. The second-order valence-electron chi connectivity index (χ2n) is 18.6. The topological polar surface area (TPSA) is 35.8 Å². The number of nitrogens with zero attached hydrogens (tertiary/aromatic N) is 2. The van der Waals surface area contributed by atoms with Crippen LogP contribution in [0.4, 0.5) is 43.9 Å². The fourth-order valence-electron chi connectivity index (χ4n) is 8.82. The molecule has 0 radical (unpaired) electrons. The van der Waals surface area contributed by atoms with E-state index in [9.17, 15) is 43.9 Å². The number of unbranched alkanes of at least 4 members (excludes halogenated alkanes) is 1. The van der Waals surface area contributed by atoms with Crippen LogP contribution in [0.1, 0.15) is 112 Å². The molecule has 1 aliphatic heterocycles. The predicted octanol–water partition coefficient (Wildman–Crippen LogP) is 15.5. The summed E-state index contributed by atoms with van der Waals surface area (Å²) in [6.45, 7) is 2.90. The summed E-state index contributed by atoms with van der Waals surface area (Å²) < 4.78 is 154. The Bertz CT molecular complexity index is 2500. The van der Waals surface area contributed by atoms with Gasteiger partial charge < -0.3 is 13.8 Å². The Morgan fingerprint density at radius 2 is 1.18 bits per heavy atom. The number of aliphatic imine (C=N–C) groups is 1. The highest BCUT2D eigenvalue weighted by Crippen LogP contribution is 2.46. The molecule has 0 spiro atoms. The molecule has 0 unspecified atom stereocenters. The lowest BCUT2D eigenvalue weighted by Gasteiger charge is -2.28. The van der Waals surface area contributed by atoms with E-state index in [-0.39, 0.29) is 23.2 Å². The van der Waals surface area contributed by atoms with Gasteiger partial charge in [-0.25, -0.2) is 4.99 Å². The second-order valence-corrected chi connectivity index (χ2v) is 18.6. The minimum atomic E-state index is -6.17. The fraction of sp³-hybridized carbons (Fsp3) is 0.404. The quantitative estimate of drug-likeness (QED) is 0.0561. The van der Waals surface area contributed by atoms with Gasteiger partial charge in [0.2, 0.25) is 0 Å². The lowest BCUT2D eigenvalue weighted by Crippen LogP contribution is -2.48. The number of halogens is 10. The standard InChI is InChI=1S/C52H53BF10N2O2/c1-34-23-25-38(26-24-34)45-40-20-13-14-21-41(40)46(64-45)42(22-12-11-17-35-15-7-5-8-16-35)47-43(36-18-9-6-10-19-36)31-44(37-27-29-39(30-28-37)48(2,3)4)65(47)53(66-32-49(54,55)51(58,59)60)67-33-50(56,57)52(61,62)63/h6,9-10,13-14,18-21,23-31,35H,5,7-8,11-12,15-17,22,32-33H2,1-4H3/b46-42-. The number of hydrogen-bond donors (Lipinski definition) is 0. The molecule has 7 rings (SSSR count). The van der Waals surface area contributed by atoms with Crippen LogP contribution in [0.15, 0.2) is 114 Å². The van der Waals surface area contributed by atoms with E-state index in [1.165, 1.54) is 6.42 Å². The summed E-state index contributed by atoms with van der Waals surface area (Å²) in [6, 6.07) is 32.2. The van der Waals surface area contributed by atoms with Gasteiger partial charge in [-0.1, -0.05) is 174 Å². The largest absolute Gasteiger partial charge is 0.598 e. The van der Waals surface area contributed by atoms with Gasteiger partial charge in [0.15, 0.2) is 0 Å². The number of hydrogen-bond acceptors (Lipinski definition) is 3. The molecule has 1 saturated carbocycles. The van der Waals surface area contributed by atoms with Gasteiger partial charge in [-0.05, 0) is 53.9 Å². The molecule has 2 heterocycles. The lowest BCUT2D eigenvalue weighted by molar-refractivity contribution is -0.295. The van der Waals surface area contributed by atoms with Crippen molar-refractivity contribution in [3.05, 3.63) is 143 Å². The van der Waals surface area contributed by atoms with Gasteiger partial charge in [0.1, 0.15) is 13.2 Å². The van der Waals surface area contributed by atoms with Crippen LogP contribution in [0.2, 0.25) is 0 Å². The Kier molecular flexibility index (Phi) is 14.7. The molecule has 0 atom stereocenters. The van der Waals surface area contributed by atoms with Gasteiger partial charge in [0.05, 0.1) is 11.4 Å². The average molecular weight is 939 g/mol. The van der Waals surface area contributed by atoms with E-state index < -0.39 is 44.7 Å². The van der Waals surface area contributed by atoms with Crippen LogP contribution in [-0.4, -0.2) is 54.9 Å². The summed E-state index contributed by atoms with van der Waals surface area (Å²) in [5, 5.41) is 0. The summed E-state index contributed by atoms with van der Waals surface area (Å²) in [5.74, 6) is -10.6. The Balaban J connectivity index is 1.55. The number of allylic oxidation sites excluding steroid dienone is 1. The van der Waals surface area contributed by atoms with Crippen molar-refractivity contribution in [3.8, 4) is 22.4 Å². The summed E-state index contributed by atoms with van der Waals surface area (Å²) in [5.41, 5.74) is 6.33. The van der Waals surface area contributed by atoms with Crippen molar-refractivity contribution >= 4 is 24.2 Å². The van der Waals surface area contributed by atoms with Crippen molar-refractivity contribution in [1.29, 1.82) is 0 Å². The summed E-state index contributed by atoms with van der Waals surface area (Å²) in [7, 11) is -2.69. The third kappa shape index (κ3) is 11.3. The summed E-state index contributed by atoms with van der Waals surface area (Å²) in [4.78, 5) is 5.26. The highest BCUT2D eigenvalue weighted by Gasteiger charge is 2.60. The fourth-order valence-corrected chi connectivity index (χ4v) is 8.82. The predicted molar refractivity (Wildman–Crippen MR) is 244 cm³/mol. The van der Waals surface area contributed by atoms with Crippen LogP contribution in [-0.2, 0) is 14.7 Å². The highest BCUT2D eigenvalue weighted by atomic mass is 19.4. The number of aromatic nitrogens is 1. The van der Waals surface area contributed by atoms with Crippen LogP contribution in [0, 0.1) is 12.8 Å². The first-order chi connectivity index (χ1) is 31.6. The van der Waals surface area contributed by atoms with E-state index in [0.717, 1.165) is 65.3 Å². The minimum Gasteiger partial charge on any atom is -0.385 e. The first-order valence-electron chi connectivity index (χ1n) is 22.6. The van der Waals surface area contributed by atoms with Crippen LogP contribution in [0.5, 0.6) is 0 Å². The smallest absolute Gasteiger partial charge is 0.385 e. The van der Waals surface area contributed by atoms with Gasteiger partial charge in [0, 0.05) is 39.2 Å². The van der Waals surface area contributed by atoms with Gasteiger partial charge in [-0.2, -0.15) is 43.9 Å². The molecule has 0 amide bonds. The SMILES string of the molecule is Cc1ccc(C2=N/C(=C(/CCCCC3CCCCC3)c3c(-c4ccccc4)cc(-c4ccc(C(C)(C)C)cc4)n3B(OCC(F)(F)C(F)(F)F)OCC(F)(F)C(F)(F)F)c3ccccc32)cc1. The van der Waals surface area contributed by atoms with E-state index in [2.05, 4.69) is 0 Å². The summed E-state index contributed by atoms with van der Waals surface area (Å²) >= 11 is 0. The second kappa shape index (κ2) is 19.8. The van der Waals surface area contributed by atoms with Crippen LogP contribution in [0.25, 0.3) is 33.7 Å². The average Bonchev–Trinajstić information content (AvgIpc) is 3.86. The van der Waals surface area contributed by atoms with Crippen molar-refractivity contribution < 1.29 is 53.2 Å². The van der Waals surface area contributed by atoms with E-state index >= 15 is 0 Å². The molecular weight excluding hydrogens is 885 g/mol. The van der Waals surface area contributed by atoms with E-state index in [1.54, 1.807) is 66.7 Å². The molecular formula is C52H53BF10N2O2. The molecule has 1 aliphatic carbocycles. The number of fused-ring (bicyclic) bond motifs is 1. The molecule has 0 N–H and O–H groups in total. The zero-order chi connectivity index (χ0) is 48.4. The van der Waals surface area contributed by atoms with E-state index in [1.807, 2.05) is 70.2 Å². The van der Waals surface area contributed by atoms with Crippen LogP contribution in [0.3, 0.4) is 0 Å². The number of aryl methyl sites for hydroxylation is 1. The molecule has 5 aromatic rings. The van der Waals surface area contributed by atoms with E-state index in [4.69, 9.17) is 14.3 Å². The molecule has 356 valence electrons. The van der Waals surface area contributed by atoms with Crippen molar-refractivity contribution in [2.24, 2.45) is 10.9 Å². The van der Waals surface area contributed by atoms with Gasteiger partial charge in [-0.15, -0.1) is 0 Å². The number of rotatable bonds is 16. The van der Waals surface area contributed by atoms with Crippen molar-refractivity contribution in [2.75, 3.05) is 13.2 Å². The molecule has 4 nitrogen and oxygen atoms in total. The molecule has 1 fully saturated rings. The van der Waals surface area contributed by atoms with Crippen molar-refractivity contribution in [1.82, 2.24) is 4.48 Å². The number of alkyl halides is 10. The van der Waals surface area contributed by atoms with Crippen molar-refractivity contribution in [2.45, 2.75) is 115 Å². The maximum Gasteiger partial charge on any atom is 0.598 e. The Morgan fingerprint density at radius 3 is 1.75 bits per heavy atom. The Labute approximate surface area is 385 Å². The van der Waals surface area contributed by atoms with E-state index in [0.29, 0.717) is 51.6 Å². The molecule has 0 saturated heterocycles. The zero-order valence-electron chi connectivity index (χ0n) is 37.8. The molecule has 0 bridgehead atoms. The first kappa shape index (κ1) is 49.8. The monoisotopic (exact) mass is 938 g/mol. The summed E-state index contributed by atoms with van der Waals surface area (Å²) in [6.07, 6.45) is -4.34. The maximum absolute atomic E-state index is 14.9.